The molecule has 36 heavy (non-hydrogen) atoms. The van der Waals surface area contributed by atoms with Crippen molar-refractivity contribution in [1.82, 2.24) is 4.57 Å². The Kier molecular flexibility index (Phi) is 6.68. The molecule has 9 heteroatoms. The number of aromatic nitrogens is 1. The molecule has 2 aliphatic rings. The minimum atomic E-state index is -0.294. The number of carbonyl (C=O) groups is 1. The van der Waals surface area contributed by atoms with Crippen LogP contribution in [-0.2, 0) is 4.79 Å². The highest BCUT2D eigenvalue weighted by Gasteiger charge is 2.33. The fraction of sp³-hybridized carbons (Fsp3) is 0.259. The average molecular weight is 519 g/mol. The summed E-state index contributed by atoms with van der Waals surface area (Å²) >= 11 is 6.77. The molecule has 0 N–H and O–H groups in total. The molecule has 0 radical (unpaired) electrons. The quantitative estimate of drug-likeness (QED) is 0.168. The predicted octanol–water partition coefficient (Wildman–Crippen LogP) is 6.40. The Balaban J connectivity index is 1.49. The van der Waals surface area contributed by atoms with Crippen LogP contribution in [0, 0.1) is 24.0 Å². The first-order valence-electron chi connectivity index (χ1n) is 11.9. The summed E-state index contributed by atoms with van der Waals surface area (Å²) in [5.41, 5.74) is 4.98. The number of rotatable bonds is 5. The molecule has 2 aliphatic heterocycles. The third kappa shape index (κ3) is 4.44. The highest BCUT2D eigenvalue weighted by atomic mass is 32.2. The van der Waals surface area contributed by atoms with Crippen LogP contribution in [0.3, 0.4) is 0 Å². The lowest BCUT2D eigenvalue weighted by Crippen LogP contribution is -2.30. The lowest BCUT2D eigenvalue weighted by atomic mass is 10.1. The van der Waals surface area contributed by atoms with E-state index in [1.54, 1.807) is 11.0 Å². The van der Waals surface area contributed by atoms with Gasteiger partial charge >= 0.3 is 0 Å². The van der Waals surface area contributed by atoms with Crippen LogP contribution in [0.25, 0.3) is 11.8 Å². The van der Waals surface area contributed by atoms with Gasteiger partial charge in [0, 0.05) is 30.5 Å². The zero-order valence-electron chi connectivity index (χ0n) is 20.1. The number of benzene rings is 2. The van der Waals surface area contributed by atoms with E-state index >= 15 is 0 Å². The molecule has 184 valence electrons. The zero-order valence-corrected chi connectivity index (χ0v) is 21.8. The second kappa shape index (κ2) is 9.91. The van der Waals surface area contributed by atoms with Crippen LogP contribution in [0.5, 0.6) is 0 Å². The number of para-hydroxylation sites is 1. The number of thiocarbonyl (C=S) groups is 1. The van der Waals surface area contributed by atoms with Gasteiger partial charge in [-0.25, -0.2) is 0 Å². The van der Waals surface area contributed by atoms with E-state index in [-0.39, 0.29) is 16.5 Å². The molecule has 7 nitrogen and oxygen atoms in total. The van der Waals surface area contributed by atoms with Crippen LogP contribution in [0.15, 0.2) is 59.5 Å². The van der Waals surface area contributed by atoms with Crippen molar-refractivity contribution in [3.63, 3.8) is 0 Å². The SMILES string of the molecule is Cc1cc(/C=C2\SC(=S)N(c3ccccc3)C2=O)c(C)n1-c1ccc(N2CCCCC2)c([N+](=O)[O-])c1. The molecular weight excluding hydrogens is 492 g/mol. The van der Waals surface area contributed by atoms with E-state index in [2.05, 4.69) is 4.90 Å². The lowest BCUT2D eigenvalue weighted by molar-refractivity contribution is -0.384. The van der Waals surface area contributed by atoms with Gasteiger partial charge in [-0.15, -0.1) is 0 Å². The minimum absolute atomic E-state index is 0.118. The standard InChI is InChI=1S/C27H26N4O3S2/c1-18-15-20(16-25-26(32)30(27(35)36-25)21-9-5-3-6-10-21)19(2)29(18)22-11-12-23(24(17-22)31(33)34)28-13-7-4-8-14-28/h3,5-6,9-12,15-17H,4,7-8,13-14H2,1-2H3/b25-16-. The Hall–Kier alpha value is -3.43. The maximum atomic E-state index is 13.2. The van der Waals surface area contributed by atoms with Crippen LogP contribution < -0.4 is 9.80 Å². The van der Waals surface area contributed by atoms with Gasteiger partial charge in [0.2, 0.25) is 0 Å². The average Bonchev–Trinajstić information content (AvgIpc) is 3.32. The highest BCUT2D eigenvalue weighted by molar-refractivity contribution is 8.27. The zero-order chi connectivity index (χ0) is 25.4. The normalized spacial score (nSPS) is 17.3. The molecule has 3 aromatic rings. The first-order valence-corrected chi connectivity index (χ1v) is 13.1. The van der Waals surface area contributed by atoms with E-state index in [1.165, 1.54) is 11.8 Å². The summed E-state index contributed by atoms with van der Waals surface area (Å²) in [5.74, 6) is -0.150. The molecule has 2 fully saturated rings. The van der Waals surface area contributed by atoms with Gasteiger partial charge in [0.05, 0.1) is 21.2 Å². The number of hydrogen-bond donors (Lipinski definition) is 0. The molecule has 0 atom stereocenters. The maximum absolute atomic E-state index is 13.2. The number of piperidine rings is 1. The van der Waals surface area contributed by atoms with Crippen LogP contribution in [0.2, 0.25) is 0 Å². The molecule has 0 spiro atoms. The van der Waals surface area contributed by atoms with Crippen molar-refractivity contribution in [2.45, 2.75) is 33.1 Å². The Bertz CT molecular complexity index is 1390. The molecule has 2 saturated heterocycles. The Labute approximate surface area is 219 Å². The van der Waals surface area contributed by atoms with Crippen molar-refractivity contribution in [1.29, 1.82) is 0 Å². The lowest BCUT2D eigenvalue weighted by Gasteiger charge is -2.28. The number of thioether (sulfide) groups is 1. The van der Waals surface area contributed by atoms with Crippen molar-refractivity contribution in [3.05, 3.63) is 86.6 Å². The van der Waals surface area contributed by atoms with Crippen molar-refractivity contribution in [2.75, 3.05) is 22.9 Å². The van der Waals surface area contributed by atoms with Gasteiger partial charge in [-0.2, -0.15) is 0 Å². The Morgan fingerprint density at radius 1 is 1.00 bits per heavy atom. The fourth-order valence-electron chi connectivity index (χ4n) is 4.94. The molecule has 2 aromatic carbocycles. The van der Waals surface area contributed by atoms with Gasteiger partial charge in [-0.3, -0.25) is 19.8 Å². The van der Waals surface area contributed by atoms with Crippen molar-refractivity contribution < 1.29 is 9.72 Å². The third-order valence-electron chi connectivity index (χ3n) is 6.68. The number of nitrogens with zero attached hydrogens (tertiary/aromatic N) is 4. The second-order valence-corrected chi connectivity index (χ2v) is 10.7. The summed E-state index contributed by atoms with van der Waals surface area (Å²) in [7, 11) is 0. The van der Waals surface area contributed by atoms with Crippen molar-refractivity contribution >= 4 is 57.3 Å². The topological polar surface area (TPSA) is 71.6 Å². The van der Waals surface area contributed by atoms with E-state index in [1.807, 2.05) is 73.0 Å². The first-order chi connectivity index (χ1) is 17.3. The third-order valence-corrected chi connectivity index (χ3v) is 7.98. The smallest absolute Gasteiger partial charge is 0.294 e. The highest BCUT2D eigenvalue weighted by Crippen LogP contribution is 2.38. The molecule has 5 rings (SSSR count). The number of aryl methyl sites for hydroxylation is 1. The summed E-state index contributed by atoms with van der Waals surface area (Å²) in [6, 6.07) is 16.8. The van der Waals surface area contributed by atoms with E-state index in [0.717, 1.165) is 60.7 Å². The molecule has 0 aliphatic carbocycles. The van der Waals surface area contributed by atoms with Crippen LogP contribution >= 0.6 is 24.0 Å². The predicted molar refractivity (Wildman–Crippen MR) is 150 cm³/mol. The Morgan fingerprint density at radius 3 is 2.42 bits per heavy atom. The van der Waals surface area contributed by atoms with Crippen molar-refractivity contribution in [2.24, 2.45) is 0 Å². The summed E-state index contributed by atoms with van der Waals surface area (Å²) in [6.07, 6.45) is 5.12. The van der Waals surface area contributed by atoms with Crippen molar-refractivity contribution in [3.8, 4) is 5.69 Å². The largest absolute Gasteiger partial charge is 0.366 e. The summed E-state index contributed by atoms with van der Waals surface area (Å²) in [6.45, 7) is 5.60. The number of anilines is 2. The van der Waals surface area contributed by atoms with Gasteiger partial charge in [-0.05, 0) is 75.1 Å². The molecule has 0 bridgehead atoms. The van der Waals surface area contributed by atoms with Crippen LogP contribution in [0.4, 0.5) is 17.1 Å². The fourth-order valence-corrected chi connectivity index (χ4v) is 6.23. The van der Waals surface area contributed by atoms with Gasteiger partial charge < -0.3 is 9.47 Å². The number of amides is 1. The van der Waals surface area contributed by atoms with E-state index in [9.17, 15) is 14.9 Å². The maximum Gasteiger partial charge on any atom is 0.294 e. The first kappa shape index (κ1) is 24.3. The summed E-state index contributed by atoms with van der Waals surface area (Å²) in [5, 5.41) is 12.0. The van der Waals surface area contributed by atoms with Crippen LogP contribution in [-0.4, -0.2) is 32.8 Å². The van der Waals surface area contributed by atoms with Crippen LogP contribution in [0.1, 0.15) is 36.2 Å². The Morgan fingerprint density at radius 2 is 1.72 bits per heavy atom. The van der Waals surface area contributed by atoms with Gasteiger partial charge in [0.25, 0.3) is 11.6 Å². The molecule has 0 saturated carbocycles. The van der Waals surface area contributed by atoms with E-state index < -0.39 is 0 Å². The van der Waals surface area contributed by atoms with Gasteiger partial charge in [-0.1, -0.05) is 42.2 Å². The molecule has 1 amide bonds. The summed E-state index contributed by atoms with van der Waals surface area (Å²) in [4.78, 5) is 29.1. The summed E-state index contributed by atoms with van der Waals surface area (Å²) < 4.78 is 2.49. The molecule has 0 unspecified atom stereocenters. The number of nitro benzene ring substituents is 1. The van der Waals surface area contributed by atoms with Gasteiger partial charge in [0.1, 0.15) is 5.69 Å². The van der Waals surface area contributed by atoms with E-state index in [4.69, 9.17) is 12.2 Å². The monoisotopic (exact) mass is 518 g/mol. The minimum Gasteiger partial charge on any atom is -0.366 e. The molecular formula is C27H26N4O3S2. The second-order valence-electron chi connectivity index (χ2n) is 8.99. The number of hydrogen-bond acceptors (Lipinski definition) is 6. The molecule has 3 heterocycles. The number of nitro groups is 1. The van der Waals surface area contributed by atoms with Gasteiger partial charge in [0.15, 0.2) is 4.32 Å². The van der Waals surface area contributed by atoms with E-state index in [0.29, 0.717) is 14.9 Å². The molecule has 1 aromatic heterocycles. The number of carbonyl (C=O) groups excluding carboxylic acids is 1.